The van der Waals surface area contributed by atoms with Gasteiger partial charge in [-0.1, -0.05) is 46.2 Å². The Hall–Kier alpha value is -3.87. The lowest BCUT2D eigenvalue weighted by atomic mass is 9.96. The predicted molar refractivity (Wildman–Crippen MR) is 152 cm³/mol. The van der Waals surface area contributed by atoms with E-state index in [1.54, 1.807) is 19.1 Å². The van der Waals surface area contributed by atoms with Gasteiger partial charge >= 0.3 is 5.97 Å². The van der Waals surface area contributed by atoms with Crippen molar-refractivity contribution in [2.24, 2.45) is 34.0 Å². The molecule has 0 saturated carbocycles. The van der Waals surface area contributed by atoms with Crippen molar-refractivity contribution in [2.75, 3.05) is 6.54 Å². The van der Waals surface area contributed by atoms with Crippen molar-refractivity contribution in [3.63, 3.8) is 0 Å². The van der Waals surface area contributed by atoms with Gasteiger partial charge < -0.3 is 43.4 Å². The second-order valence-corrected chi connectivity index (χ2v) is 10.4. The molecule has 0 aliphatic rings. The quantitative estimate of drug-likeness (QED) is 0.0719. The number of amides is 3. The zero-order valence-electron chi connectivity index (χ0n) is 23.7. The van der Waals surface area contributed by atoms with E-state index in [0.717, 1.165) is 0 Å². The van der Waals surface area contributed by atoms with Crippen molar-refractivity contribution in [3.05, 3.63) is 29.8 Å². The summed E-state index contributed by atoms with van der Waals surface area (Å²) in [6, 6.07) is 1.93. The molecule has 13 heteroatoms. The third-order valence-corrected chi connectivity index (χ3v) is 6.43. The smallest absolute Gasteiger partial charge is 0.326 e. The minimum Gasteiger partial charge on any atom is -0.508 e. The molecule has 0 aliphatic heterocycles. The highest BCUT2D eigenvalue weighted by atomic mass is 16.4. The lowest BCUT2D eigenvalue weighted by Gasteiger charge is -2.28. The summed E-state index contributed by atoms with van der Waals surface area (Å²) in [6.07, 6.45) is 1.51. The standard InChI is InChI=1S/C27H45N7O6/c1-5-16(4)22(25(38)33-21(26(39)40)13-15(2)3)34-24(37)20(14-17-8-10-18(35)11-9-17)32-23(36)19(28)7-6-12-31-27(29)30/h8-11,15-16,19-22,35H,5-7,12-14,28H2,1-4H3,(H,32,36)(H,33,38)(H,34,37)(H,39,40)(H4,29,30,31). The summed E-state index contributed by atoms with van der Waals surface area (Å²) >= 11 is 0. The molecule has 0 aliphatic carbocycles. The van der Waals surface area contributed by atoms with E-state index in [-0.39, 0.29) is 42.8 Å². The Morgan fingerprint density at radius 3 is 2.05 bits per heavy atom. The molecule has 0 heterocycles. The summed E-state index contributed by atoms with van der Waals surface area (Å²) in [4.78, 5) is 55.1. The van der Waals surface area contributed by atoms with Gasteiger partial charge in [-0.15, -0.1) is 0 Å². The molecule has 5 unspecified atom stereocenters. The summed E-state index contributed by atoms with van der Waals surface area (Å²) in [7, 11) is 0. The molecule has 224 valence electrons. The van der Waals surface area contributed by atoms with E-state index in [1.807, 2.05) is 20.8 Å². The maximum absolute atomic E-state index is 13.5. The highest BCUT2D eigenvalue weighted by molar-refractivity contribution is 5.94. The lowest BCUT2D eigenvalue weighted by molar-refractivity contribution is -0.143. The molecule has 1 aromatic carbocycles. The molecule has 40 heavy (non-hydrogen) atoms. The second kappa shape index (κ2) is 17.0. The number of rotatable bonds is 17. The molecule has 0 aromatic heterocycles. The van der Waals surface area contributed by atoms with Crippen LogP contribution in [0.2, 0.25) is 0 Å². The van der Waals surface area contributed by atoms with Gasteiger partial charge in [0.1, 0.15) is 23.9 Å². The third kappa shape index (κ3) is 12.3. The van der Waals surface area contributed by atoms with Crippen LogP contribution in [0, 0.1) is 11.8 Å². The predicted octanol–water partition coefficient (Wildman–Crippen LogP) is -0.0532. The van der Waals surface area contributed by atoms with Gasteiger partial charge in [-0.05, 0) is 48.8 Å². The van der Waals surface area contributed by atoms with Crippen LogP contribution < -0.4 is 33.2 Å². The van der Waals surface area contributed by atoms with Crippen LogP contribution in [0.4, 0.5) is 0 Å². The van der Waals surface area contributed by atoms with E-state index in [4.69, 9.17) is 17.2 Å². The molecule has 0 bridgehead atoms. The monoisotopic (exact) mass is 563 g/mol. The number of aliphatic carboxylic acids is 1. The summed E-state index contributed by atoms with van der Waals surface area (Å²) < 4.78 is 0. The maximum atomic E-state index is 13.5. The highest BCUT2D eigenvalue weighted by Gasteiger charge is 2.33. The van der Waals surface area contributed by atoms with Gasteiger partial charge in [-0.3, -0.25) is 19.4 Å². The normalized spacial score (nSPS) is 14.8. The van der Waals surface area contributed by atoms with Gasteiger partial charge in [0.2, 0.25) is 17.7 Å². The first kappa shape index (κ1) is 34.2. The van der Waals surface area contributed by atoms with Gasteiger partial charge in [0, 0.05) is 13.0 Å². The fourth-order valence-corrected chi connectivity index (χ4v) is 3.92. The Balaban J connectivity index is 3.12. The minimum atomic E-state index is -1.16. The van der Waals surface area contributed by atoms with Crippen molar-refractivity contribution in [3.8, 4) is 5.75 Å². The lowest BCUT2D eigenvalue weighted by Crippen LogP contribution is -2.59. The molecular formula is C27H45N7O6. The molecule has 1 rings (SSSR count). The molecule has 0 spiro atoms. The van der Waals surface area contributed by atoms with Crippen LogP contribution in [0.15, 0.2) is 29.3 Å². The number of nitrogens with two attached hydrogens (primary N) is 3. The molecule has 5 atom stereocenters. The van der Waals surface area contributed by atoms with Crippen LogP contribution in [0.5, 0.6) is 5.75 Å². The van der Waals surface area contributed by atoms with Crippen molar-refractivity contribution in [1.29, 1.82) is 0 Å². The number of nitrogens with one attached hydrogen (secondary N) is 3. The van der Waals surface area contributed by atoms with Crippen molar-refractivity contribution in [1.82, 2.24) is 16.0 Å². The Labute approximate surface area is 235 Å². The number of nitrogens with zero attached hydrogens (tertiary/aromatic N) is 1. The first-order valence-electron chi connectivity index (χ1n) is 13.5. The molecule has 1 aromatic rings. The molecule has 0 fully saturated rings. The second-order valence-electron chi connectivity index (χ2n) is 10.4. The number of carbonyl (C=O) groups is 4. The van der Waals surface area contributed by atoms with Gasteiger partial charge in [0.25, 0.3) is 0 Å². The first-order chi connectivity index (χ1) is 18.7. The van der Waals surface area contributed by atoms with Gasteiger partial charge in [0.15, 0.2) is 5.96 Å². The molecule has 13 nitrogen and oxygen atoms in total. The number of carboxylic acids is 1. The van der Waals surface area contributed by atoms with E-state index in [9.17, 15) is 29.4 Å². The highest BCUT2D eigenvalue weighted by Crippen LogP contribution is 2.14. The SMILES string of the molecule is CCC(C)C(NC(=O)C(Cc1ccc(O)cc1)NC(=O)C(N)CCCN=C(N)N)C(=O)NC(CC(C)C)C(=O)O. The number of carboxylic acid groups (broad SMARTS) is 1. The van der Waals surface area contributed by atoms with Gasteiger partial charge in [-0.25, -0.2) is 4.79 Å². The van der Waals surface area contributed by atoms with Crippen LogP contribution in [-0.4, -0.2) is 70.6 Å². The van der Waals surface area contributed by atoms with Crippen LogP contribution in [0.25, 0.3) is 0 Å². The first-order valence-corrected chi connectivity index (χ1v) is 13.5. The van der Waals surface area contributed by atoms with E-state index in [0.29, 0.717) is 24.9 Å². The van der Waals surface area contributed by atoms with E-state index < -0.39 is 47.9 Å². The van der Waals surface area contributed by atoms with Crippen LogP contribution >= 0.6 is 0 Å². The Kier molecular flexibility index (Phi) is 14.5. The molecule has 0 saturated heterocycles. The Bertz CT molecular complexity index is 1010. The zero-order chi connectivity index (χ0) is 30.4. The number of hydrogen-bond acceptors (Lipinski definition) is 7. The molecule has 3 amide bonds. The van der Waals surface area contributed by atoms with E-state index >= 15 is 0 Å². The number of phenolic OH excluding ortho intramolecular Hbond substituents is 1. The van der Waals surface area contributed by atoms with Gasteiger partial charge in [0.05, 0.1) is 6.04 Å². The van der Waals surface area contributed by atoms with Crippen LogP contribution in [0.1, 0.15) is 58.9 Å². The fourth-order valence-electron chi connectivity index (χ4n) is 3.92. The van der Waals surface area contributed by atoms with Crippen LogP contribution in [0.3, 0.4) is 0 Å². The number of phenols is 1. The summed E-state index contributed by atoms with van der Waals surface area (Å²) in [5.74, 6) is -3.33. The molecule has 11 N–H and O–H groups in total. The van der Waals surface area contributed by atoms with E-state index in [2.05, 4.69) is 20.9 Å². The zero-order valence-corrected chi connectivity index (χ0v) is 23.7. The van der Waals surface area contributed by atoms with Crippen molar-refractivity contribution >= 4 is 29.7 Å². The molecular weight excluding hydrogens is 518 g/mol. The third-order valence-electron chi connectivity index (χ3n) is 6.43. The number of aliphatic imine (C=N–C) groups is 1. The summed E-state index contributed by atoms with van der Waals surface area (Å²) in [5.41, 5.74) is 17.3. The van der Waals surface area contributed by atoms with E-state index in [1.165, 1.54) is 12.1 Å². The van der Waals surface area contributed by atoms with Crippen LogP contribution in [-0.2, 0) is 25.6 Å². The number of benzene rings is 1. The van der Waals surface area contributed by atoms with Gasteiger partial charge in [-0.2, -0.15) is 0 Å². The largest absolute Gasteiger partial charge is 0.508 e. The number of guanidine groups is 1. The Morgan fingerprint density at radius 2 is 1.52 bits per heavy atom. The Morgan fingerprint density at radius 1 is 0.925 bits per heavy atom. The molecule has 0 radical (unpaired) electrons. The average Bonchev–Trinajstić information content (AvgIpc) is 2.88. The van der Waals surface area contributed by atoms with Crippen molar-refractivity contribution < 1.29 is 29.4 Å². The summed E-state index contributed by atoms with van der Waals surface area (Å²) in [6.45, 7) is 7.59. The fraction of sp³-hybridized carbons (Fsp3) is 0.593. The number of aromatic hydroxyl groups is 1. The number of hydrogen-bond donors (Lipinski definition) is 8. The number of carbonyl (C=O) groups excluding carboxylic acids is 3. The maximum Gasteiger partial charge on any atom is 0.326 e. The van der Waals surface area contributed by atoms with Crippen molar-refractivity contribution in [2.45, 2.75) is 84.0 Å². The summed E-state index contributed by atoms with van der Waals surface area (Å²) in [5, 5.41) is 27.1. The topological polar surface area (TPSA) is 235 Å². The minimum absolute atomic E-state index is 0.0200. The average molecular weight is 564 g/mol.